The number of anilines is 1. The zero-order valence-electron chi connectivity index (χ0n) is 23.1. The van der Waals surface area contributed by atoms with Gasteiger partial charge < -0.3 is 14.8 Å². The summed E-state index contributed by atoms with van der Waals surface area (Å²) in [5.74, 6) is -0.291. The molecule has 0 aliphatic carbocycles. The number of hydrogen-bond acceptors (Lipinski definition) is 8. The monoisotopic (exact) mass is 575 g/mol. The van der Waals surface area contributed by atoms with Gasteiger partial charge in [-0.05, 0) is 80.4 Å². The molecule has 0 spiro atoms. The van der Waals surface area contributed by atoms with Crippen LogP contribution in [0.2, 0.25) is 0 Å². The summed E-state index contributed by atoms with van der Waals surface area (Å²) in [6.45, 7) is 7.42. The van der Waals surface area contributed by atoms with Crippen LogP contribution in [0.4, 0.5) is 16.2 Å². The molecule has 0 bridgehead atoms. The SMILES string of the molecule is CCOc1cc(/C=C2/SC(=O)N(CC(=O)Nc3c(C)cc(C)cc3C)C2=O)ccc1OCc1ccccc1[N+](=O)[O-]. The van der Waals surface area contributed by atoms with Crippen molar-refractivity contribution in [2.75, 3.05) is 18.5 Å². The van der Waals surface area contributed by atoms with Crippen molar-refractivity contribution in [3.8, 4) is 11.5 Å². The lowest BCUT2D eigenvalue weighted by Gasteiger charge is -2.16. The molecule has 4 rings (SSSR count). The van der Waals surface area contributed by atoms with Crippen molar-refractivity contribution in [3.05, 3.63) is 97.4 Å². The van der Waals surface area contributed by atoms with E-state index in [1.54, 1.807) is 49.4 Å². The molecule has 0 unspecified atom stereocenters. The fraction of sp³-hybridized carbons (Fsp3) is 0.233. The molecular formula is C30H29N3O7S. The normalized spacial score (nSPS) is 14.0. The Bertz CT molecular complexity index is 1540. The minimum absolute atomic E-state index is 0.0425. The second-order valence-electron chi connectivity index (χ2n) is 9.40. The molecule has 1 fully saturated rings. The molecule has 0 radical (unpaired) electrons. The van der Waals surface area contributed by atoms with Crippen LogP contribution in [0.5, 0.6) is 11.5 Å². The quantitative estimate of drug-likeness (QED) is 0.173. The van der Waals surface area contributed by atoms with Crippen LogP contribution in [0.15, 0.2) is 59.5 Å². The molecule has 41 heavy (non-hydrogen) atoms. The second kappa shape index (κ2) is 12.7. The van der Waals surface area contributed by atoms with E-state index in [0.717, 1.165) is 33.4 Å². The van der Waals surface area contributed by atoms with Crippen LogP contribution in [0.25, 0.3) is 6.08 Å². The molecule has 212 valence electrons. The van der Waals surface area contributed by atoms with E-state index in [2.05, 4.69) is 5.32 Å². The Morgan fingerprint density at radius 1 is 1.02 bits per heavy atom. The number of para-hydroxylation sites is 1. The molecule has 1 N–H and O–H groups in total. The van der Waals surface area contributed by atoms with E-state index in [1.807, 2.05) is 32.9 Å². The van der Waals surface area contributed by atoms with Gasteiger partial charge in [-0.15, -0.1) is 0 Å². The van der Waals surface area contributed by atoms with Gasteiger partial charge in [0.05, 0.1) is 22.0 Å². The maximum atomic E-state index is 13.0. The molecular weight excluding hydrogens is 546 g/mol. The molecule has 3 amide bonds. The number of nitro benzene ring substituents is 1. The number of carbonyl (C=O) groups is 3. The Kier molecular flexibility index (Phi) is 9.08. The van der Waals surface area contributed by atoms with E-state index in [-0.39, 0.29) is 17.2 Å². The Labute approximate surface area is 241 Å². The number of nitrogens with one attached hydrogen (secondary N) is 1. The first-order chi connectivity index (χ1) is 19.6. The molecule has 3 aromatic rings. The van der Waals surface area contributed by atoms with Gasteiger partial charge in [0.15, 0.2) is 11.5 Å². The molecule has 0 saturated carbocycles. The Hall–Kier alpha value is -4.64. The van der Waals surface area contributed by atoms with E-state index >= 15 is 0 Å². The van der Waals surface area contributed by atoms with Crippen LogP contribution in [0, 0.1) is 30.9 Å². The van der Waals surface area contributed by atoms with Crippen LogP contribution < -0.4 is 14.8 Å². The van der Waals surface area contributed by atoms with E-state index in [9.17, 15) is 24.5 Å². The highest BCUT2D eigenvalue weighted by Crippen LogP contribution is 2.35. The number of hydrogen-bond donors (Lipinski definition) is 1. The summed E-state index contributed by atoms with van der Waals surface area (Å²) < 4.78 is 11.5. The van der Waals surface area contributed by atoms with Gasteiger partial charge in [-0.3, -0.25) is 29.4 Å². The largest absolute Gasteiger partial charge is 0.490 e. The summed E-state index contributed by atoms with van der Waals surface area (Å²) in [4.78, 5) is 50.3. The number of nitrogens with zero attached hydrogens (tertiary/aromatic N) is 2. The smallest absolute Gasteiger partial charge is 0.294 e. The van der Waals surface area contributed by atoms with Gasteiger partial charge in [0.25, 0.3) is 16.8 Å². The molecule has 11 heteroatoms. The van der Waals surface area contributed by atoms with Gasteiger partial charge in [-0.1, -0.05) is 35.9 Å². The van der Waals surface area contributed by atoms with Crippen LogP contribution in [0.1, 0.15) is 34.7 Å². The van der Waals surface area contributed by atoms with Gasteiger partial charge in [0.1, 0.15) is 13.2 Å². The van der Waals surface area contributed by atoms with Crippen molar-refractivity contribution >= 4 is 46.3 Å². The number of ether oxygens (including phenoxy) is 2. The lowest BCUT2D eigenvalue weighted by Crippen LogP contribution is -2.36. The third-order valence-electron chi connectivity index (χ3n) is 6.25. The van der Waals surface area contributed by atoms with E-state index < -0.39 is 28.5 Å². The maximum absolute atomic E-state index is 13.0. The first kappa shape index (κ1) is 29.3. The number of thioether (sulfide) groups is 1. The Morgan fingerprint density at radius 2 is 1.73 bits per heavy atom. The summed E-state index contributed by atoms with van der Waals surface area (Å²) in [6.07, 6.45) is 1.55. The average molecular weight is 576 g/mol. The van der Waals surface area contributed by atoms with Crippen molar-refractivity contribution in [2.45, 2.75) is 34.3 Å². The molecule has 1 heterocycles. The number of benzene rings is 3. The van der Waals surface area contributed by atoms with E-state index in [4.69, 9.17) is 9.47 Å². The minimum atomic E-state index is -0.567. The zero-order valence-corrected chi connectivity index (χ0v) is 23.9. The predicted molar refractivity (Wildman–Crippen MR) is 157 cm³/mol. The fourth-order valence-electron chi connectivity index (χ4n) is 4.46. The van der Waals surface area contributed by atoms with Crippen LogP contribution in [-0.2, 0) is 16.2 Å². The Balaban J connectivity index is 1.47. The molecule has 3 aromatic carbocycles. The number of rotatable bonds is 10. The minimum Gasteiger partial charge on any atom is -0.490 e. The fourth-order valence-corrected chi connectivity index (χ4v) is 5.29. The summed E-state index contributed by atoms with van der Waals surface area (Å²) in [5.41, 5.74) is 4.46. The summed E-state index contributed by atoms with van der Waals surface area (Å²) >= 11 is 0.751. The highest BCUT2D eigenvalue weighted by molar-refractivity contribution is 8.18. The lowest BCUT2D eigenvalue weighted by atomic mass is 10.1. The number of imide groups is 1. The highest BCUT2D eigenvalue weighted by atomic mass is 32.2. The third-order valence-corrected chi connectivity index (χ3v) is 7.16. The molecule has 10 nitrogen and oxygen atoms in total. The van der Waals surface area contributed by atoms with E-state index in [1.165, 1.54) is 6.07 Å². The number of aryl methyl sites for hydroxylation is 3. The topological polar surface area (TPSA) is 128 Å². The van der Waals surface area contributed by atoms with Gasteiger partial charge in [-0.25, -0.2) is 0 Å². The molecule has 0 atom stereocenters. The Morgan fingerprint density at radius 3 is 2.41 bits per heavy atom. The van der Waals surface area contributed by atoms with Crippen LogP contribution >= 0.6 is 11.8 Å². The number of nitro groups is 1. The van der Waals surface area contributed by atoms with Crippen molar-refractivity contribution in [1.82, 2.24) is 4.90 Å². The first-order valence-electron chi connectivity index (χ1n) is 12.8. The molecule has 1 saturated heterocycles. The second-order valence-corrected chi connectivity index (χ2v) is 10.4. The standard InChI is InChI=1S/C30H29N3O7S/c1-5-39-25-14-21(10-11-24(25)40-17-22-8-6-7-9-23(22)33(37)38)15-26-29(35)32(30(36)41-26)16-27(34)31-28-19(3)12-18(2)13-20(28)4/h6-15H,5,16-17H2,1-4H3,(H,31,34)/b26-15+. The van der Waals surface area contributed by atoms with E-state index in [0.29, 0.717) is 34.9 Å². The van der Waals surface area contributed by atoms with Crippen molar-refractivity contribution < 1.29 is 28.8 Å². The number of carbonyl (C=O) groups excluding carboxylic acids is 3. The van der Waals surface area contributed by atoms with Gasteiger partial charge >= 0.3 is 0 Å². The molecule has 1 aliphatic rings. The van der Waals surface area contributed by atoms with Crippen molar-refractivity contribution in [3.63, 3.8) is 0 Å². The highest BCUT2D eigenvalue weighted by Gasteiger charge is 2.36. The summed E-state index contributed by atoms with van der Waals surface area (Å²) in [6, 6.07) is 15.2. The van der Waals surface area contributed by atoms with Crippen LogP contribution in [0.3, 0.4) is 0 Å². The first-order valence-corrected chi connectivity index (χ1v) is 13.6. The third kappa shape index (κ3) is 6.93. The predicted octanol–water partition coefficient (Wildman–Crippen LogP) is 6.17. The molecule has 1 aliphatic heterocycles. The van der Waals surface area contributed by atoms with Gasteiger partial charge in [0, 0.05) is 11.8 Å². The van der Waals surface area contributed by atoms with Gasteiger partial charge in [0.2, 0.25) is 5.91 Å². The average Bonchev–Trinajstić information content (AvgIpc) is 3.17. The van der Waals surface area contributed by atoms with Gasteiger partial charge in [-0.2, -0.15) is 0 Å². The summed E-state index contributed by atoms with van der Waals surface area (Å²) in [5, 5.41) is 13.6. The lowest BCUT2D eigenvalue weighted by molar-refractivity contribution is -0.385. The molecule has 0 aromatic heterocycles. The van der Waals surface area contributed by atoms with Crippen molar-refractivity contribution in [1.29, 1.82) is 0 Å². The van der Waals surface area contributed by atoms with Crippen LogP contribution in [-0.4, -0.2) is 40.0 Å². The number of amides is 3. The zero-order chi connectivity index (χ0) is 29.7. The summed E-state index contributed by atoms with van der Waals surface area (Å²) in [7, 11) is 0. The van der Waals surface area contributed by atoms with Crippen molar-refractivity contribution in [2.24, 2.45) is 0 Å². The maximum Gasteiger partial charge on any atom is 0.294 e.